The number of aliphatic imine (C=N–C) groups is 1. The van der Waals surface area contributed by atoms with Gasteiger partial charge in [-0.1, -0.05) is 44.9 Å². The zero-order chi connectivity index (χ0) is 33.1. The molecule has 2 aliphatic rings. The maximum absolute atomic E-state index is 13.1. The van der Waals surface area contributed by atoms with E-state index in [0.717, 1.165) is 66.7 Å². The molecule has 1 fully saturated rings. The van der Waals surface area contributed by atoms with Crippen LogP contribution >= 0.6 is 0 Å². The number of nitrogens with one attached hydrogen (secondary N) is 3. The fourth-order valence-corrected chi connectivity index (χ4v) is 7.11. The number of sulfonamides is 1. The molecule has 1 spiro atoms. The lowest BCUT2D eigenvalue weighted by atomic mass is 9.89. The van der Waals surface area contributed by atoms with Crippen LogP contribution in [0, 0.1) is 13.8 Å². The molecule has 0 radical (unpaired) electrons. The third-order valence-corrected chi connectivity index (χ3v) is 10.1. The molecule has 11 heteroatoms. The predicted molar refractivity (Wildman–Crippen MR) is 183 cm³/mol. The van der Waals surface area contributed by atoms with E-state index in [1.54, 1.807) is 6.08 Å². The third kappa shape index (κ3) is 11.4. The van der Waals surface area contributed by atoms with Crippen molar-refractivity contribution in [3.8, 4) is 0 Å². The molecule has 0 bridgehead atoms. The average Bonchev–Trinajstić information content (AvgIpc) is 3.25. The Morgan fingerprint density at radius 3 is 2.11 bits per heavy atom. The van der Waals surface area contributed by atoms with E-state index < -0.39 is 21.2 Å². The number of anilines is 1. The molecule has 45 heavy (non-hydrogen) atoms. The summed E-state index contributed by atoms with van der Waals surface area (Å²) in [6.07, 6.45) is 12.9. The fraction of sp³-hybridized carbons (Fsp3) is 0.676. The number of hydrogen-bond acceptors (Lipinski definition) is 7. The van der Waals surface area contributed by atoms with Gasteiger partial charge in [-0.25, -0.2) is 13.2 Å². The number of nitrogens with zero attached hydrogens (tertiary/aromatic N) is 2. The zero-order valence-corrected chi connectivity index (χ0v) is 29.1. The number of aryl methyl sites for hydroxylation is 2. The van der Waals surface area contributed by atoms with Crippen molar-refractivity contribution >= 4 is 39.6 Å². The molecular formula is C34H55N5O5S. The monoisotopic (exact) mass is 645 g/mol. The second-order valence-electron chi connectivity index (χ2n) is 13.4. The predicted octanol–water partition coefficient (Wildman–Crippen LogP) is 6.43. The first kappa shape index (κ1) is 36.5. The Bertz CT molecular complexity index is 1300. The van der Waals surface area contributed by atoms with Crippen molar-refractivity contribution in [3.05, 3.63) is 34.2 Å². The lowest BCUT2D eigenvalue weighted by Gasteiger charge is -2.34. The van der Waals surface area contributed by atoms with E-state index in [1.807, 2.05) is 53.8 Å². The van der Waals surface area contributed by atoms with E-state index in [0.29, 0.717) is 19.4 Å². The van der Waals surface area contributed by atoms with Crippen LogP contribution in [0.4, 0.5) is 10.5 Å². The van der Waals surface area contributed by atoms with Crippen molar-refractivity contribution in [2.45, 2.75) is 123 Å². The van der Waals surface area contributed by atoms with Gasteiger partial charge in [0.05, 0.1) is 0 Å². The van der Waals surface area contributed by atoms with Crippen LogP contribution in [0.3, 0.4) is 0 Å². The summed E-state index contributed by atoms with van der Waals surface area (Å²) in [5.41, 5.74) is 2.60. The van der Waals surface area contributed by atoms with Crippen molar-refractivity contribution in [3.63, 3.8) is 0 Å². The molecule has 0 saturated carbocycles. The Kier molecular flexibility index (Phi) is 13.5. The Labute approximate surface area is 270 Å². The van der Waals surface area contributed by atoms with E-state index in [1.165, 1.54) is 35.4 Å². The standard InChI is InChI=1S/C34H55N5O5S/c1-26-24-28(35-6)25-27(2)29(26)17-23-45(42,43)39-21-18-34(19-22-39)31(40)37-30(38-34)16-14-12-10-8-7-9-11-13-15-20-36-32(41)44-33(3,4)5/h17,23-25,35H,7-16,18-22H2,1-6H3,(H,36,41)(H,37,38,40)/b23-17+. The summed E-state index contributed by atoms with van der Waals surface area (Å²) in [6.45, 7) is 10.7. The van der Waals surface area contributed by atoms with Crippen LogP contribution in [0.25, 0.3) is 6.08 Å². The van der Waals surface area contributed by atoms with Crippen molar-refractivity contribution < 1.29 is 22.7 Å². The van der Waals surface area contributed by atoms with Crippen LogP contribution in [0.1, 0.15) is 115 Å². The van der Waals surface area contributed by atoms with Crippen LogP contribution in [0.2, 0.25) is 0 Å². The lowest BCUT2D eigenvalue weighted by Crippen LogP contribution is -2.50. The summed E-state index contributed by atoms with van der Waals surface area (Å²) in [5.74, 6) is 0.648. The van der Waals surface area contributed by atoms with Crippen LogP contribution in [-0.2, 0) is 19.6 Å². The van der Waals surface area contributed by atoms with Gasteiger partial charge in [-0.2, -0.15) is 4.31 Å². The maximum atomic E-state index is 13.1. The van der Waals surface area contributed by atoms with Crippen molar-refractivity contribution in [2.75, 3.05) is 32.0 Å². The lowest BCUT2D eigenvalue weighted by molar-refractivity contribution is -0.124. The van der Waals surface area contributed by atoms with Gasteiger partial charge in [0.1, 0.15) is 17.0 Å². The zero-order valence-electron chi connectivity index (χ0n) is 28.3. The highest BCUT2D eigenvalue weighted by atomic mass is 32.2. The summed E-state index contributed by atoms with van der Waals surface area (Å²) in [4.78, 5) is 29.3. The Balaban J connectivity index is 1.31. The second-order valence-corrected chi connectivity index (χ2v) is 15.2. The molecule has 2 amide bonds. The second kappa shape index (κ2) is 16.6. The molecule has 3 rings (SSSR count). The van der Waals surface area contributed by atoms with Gasteiger partial charge in [0.15, 0.2) is 0 Å². The first-order chi connectivity index (χ1) is 21.2. The van der Waals surface area contributed by atoms with E-state index in [9.17, 15) is 18.0 Å². The van der Waals surface area contributed by atoms with Crippen LogP contribution in [0.5, 0.6) is 0 Å². The Morgan fingerprint density at radius 1 is 1.00 bits per heavy atom. The quantitative estimate of drug-likeness (QED) is 0.178. The van der Waals surface area contributed by atoms with Gasteiger partial charge in [-0.3, -0.25) is 9.79 Å². The number of ether oxygens (including phenoxy) is 1. The van der Waals surface area contributed by atoms with Gasteiger partial charge in [0.25, 0.3) is 5.91 Å². The summed E-state index contributed by atoms with van der Waals surface area (Å²) >= 11 is 0. The fourth-order valence-electron chi connectivity index (χ4n) is 5.93. The summed E-state index contributed by atoms with van der Waals surface area (Å²) in [5, 5.41) is 10.2. The van der Waals surface area contributed by atoms with E-state index >= 15 is 0 Å². The number of unbranched alkanes of at least 4 members (excludes halogenated alkanes) is 8. The van der Waals surface area contributed by atoms with Gasteiger partial charge < -0.3 is 20.7 Å². The maximum Gasteiger partial charge on any atom is 0.407 e. The number of carbonyl (C=O) groups excluding carboxylic acids is 2. The number of hydrogen-bond donors (Lipinski definition) is 3. The summed E-state index contributed by atoms with van der Waals surface area (Å²) in [6, 6.07) is 4.00. The molecular weight excluding hydrogens is 590 g/mol. The first-order valence-electron chi connectivity index (χ1n) is 16.6. The van der Waals surface area contributed by atoms with Crippen LogP contribution in [0.15, 0.2) is 22.5 Å². The largest absolute Gasteiger partial charge is 0.444 e. The molecule has 2 heterocycles. The first-order valence-corrected chi connectivity index (χ1v) is 18.1. The SMILES string of the molecule is CNc1cc(C)c(/C=C/S(=O)(=O)N2CCC3(CC2)N=C(CCCCCCCCCCCNC(=O)OC(C)(C)C)NC3=O)c(C)c1. The number of rotatable bonds is 16. The Morgan fingerprint density at radius 2 is 1.56 bits per heavy atom. The minimum absolute atomic E-state index is 0.0951. The van der Waals surface area contributed by atoms with Gasteiger partial charge in [0, 0.05) is 44.2 Å². The van der Waals surface area contributed by atoms with Crippen LogP contribution in [-0.4, -0.2) is 68.4 Å². The molecule has 1 saturated heterocycles. The van der Waals surface area contributed by atoms with E-state index in [4.69, 9.17) is 9.73 Å². The highest BCUT2D eigenvalue weighted by Crippen LogP contribution is 2.32. The molecule has 2 aliphatic heterocycles. The minimum Gasteiger partial charge on any atom is -0.444 e. The number of benzene rings is 1. The third-order valence-electron chi connectivity index (χ3n) is 8.49. The number of carbonyl (C=O) groups is 2. The number of alkyl carbamates (subject to hydrolysis) is 1. The molecule has 0 aliphatic carbocycles. The van der Waals surface area contributed by atoms with E-state index in [-0.39, 0.29) is 25.1 Å². The minimum atomic E-state index is -3.61. The molecule has 252 valence electrons. The molecule has 10 nitrogen and oxygen atoms in total. The average molecular weight is 646 g/mol. The molecule has 0 atom stereocenters. The van der Waals surface area contributed by atoms with Crippen molar-refractivity contribution in [2.24, 2.45) is 4.99 Å². The summed E-state index contributed by atoms with van der Waals surface area (Å²) < 4.78 is 32.9. The molecule has 0 aromatic heterocycles. The number of amidine groups is 1. The molecule has 0 unspecified atom stereocenters. The van der Waals surface area contributed by atoms with Crippen LogP contribution < -0.4 is 16.0 Å². The highest BCUT2D eigenvalue weighted by Gasteiger charge is 2.46. The summed E-state index contributed by atoms with van der Waals surface area (Å²) in [7, 11) is -1.75. The number of amides is 2. The van der Waals surface area contributed by atoms with Gasteiger partial charge in [-0.15, -0.1) is 0 Å². The smallest absolute Gasteiger partial charge is 0.407 e. The Hall–Kier alpha value is -2.92. The topological polar surface area (TPSA) is 129 Å². The van der Waals surface area contributed by atoms with Crippen molar-refractivity contribution in [1.29, 1.82) is 0 Å². The van der Waals surface area contributed by atoms with E-state index in [2.05, 4.69) is 16.0 Å². The molecule has 1 aromatic rings. The molecule has 1 aromatic carbocycles. The van der Waals surface area contributed by atoms with Gasteiger partial charge >= 0.3 is 6.09 Å². The van der Waals surface area contributed by atoms with Gasteiger partial charge in [-0.05, 0) is 95.2 Å². The molecule has 3 N–H and O–H groups in total. The number of piperidine rings is 1. The highest BCUT2D eigenvalue weighted by molar-refractivity contribution is 7.92. The van der Waals surface area contributed by atoms with Gasteiger partial charge in [0.2, 0.25) is 10.0 Å². The normalized spacial score (nSPS) is 17.0. The van der Waals surface area contributed by atoms with Crippen molar-refractivity contribution in [1.82, 2.24) is 14.9 Å².